The molecule has 0 fully saturated rings. The number of halogens is 1. The predicted octanol–water partition coefficient (Wildman–Crippen LogP) is 4.14. The molecule has 0 aliphatic carbocycles. The lowest BCUT2D eigenvalue weighted by molar-refractivity contribution is 0.870. The van der Waals surface area contributed by atoms with E-state index >= 15 is 0 Å². The van der Waals surface area contributed by atoms with E-state index in [1.807, 2.05) is 0 Å². The number of nitrogens with two attached hydrogens (primary N) is 1. The fraction of sp³-hybridized carbons (Fsp3) is 0.286. The number of benzene rings is 1. The van der Waals surface area contributed by atoms with Crippen molar-refractivity contribution in [2.45, 2.75) is 26.8 Å². The Morgan fingerprint density at radius 1 is 1.12 bits per heavy atom. The summed E-state index contributed by atoms with van der Waals surface area (Å²) in [6, 6.07) is 8.58. The summed E-state index contributed by atoms with van der Waals surface area (Å²) in [4.78, 5) is 1.23. The van der Waals surface area contributed by atoms with E-state index in [0.29, 0.717) is 0 Å². The second-order valence-electron chi connectivity index (χ2n) is 4.31. The van der Waals surface area contributed by atoms with E-state index < -0.39 is 0 Å². The minimum Gasteiger partial charge on any atom is -0.320 e. The summed E-state index contributed by atoms with van der Waals surface area (Å²) < 4.78 is 0. The number of thiophene rings is 1. The van der Waals surface area contributed by atoms with Gasteiger partial charge in [0, 0.05) is 4.88 Å². The highest BCUT2D eigenvalue weighted by Crippen LogP contribution is 2.29. The minimum absolute atomic E-state index is 0. The SMILES string of the molecule is Cc1cc(C)c([C@@H](N)c2cccs2)c(C)c1.Cl. The Morgan fingerprint density at radius 3 is 2.18 bits per heavy atom. The molecule has 0 radical (unpaired) electrons. The largest absolute Gasteiger partial charge is 0.320 e. The van der Waals surface area contributed by atoms with E-state index in [2.05, 4.69) is 50.4 Å². The quantitative estimate of drug-likeness (QED) is 0.869. The summed E-state index contributed by atoms with van der Waals surface area (Å²) in [6.07, 6.45) is 0. The first-order valence-corrected chi connectivity index (χ1v) is 6.34. The van der Waals surface area contributed by atoms with Gasteiger partial charge in [0.1, 0.15) is 0 Å². The van der Waals surface area contributed by atoms with E-state index in [1.54, 1.807) is 11.3 Å². The predicted molar refractivity (Wildman–Crippen MR) is 78.3 cm³/mol. The Bertz CT molecular complexity index is 468. The van der Waals surface area contributed by atoms with Crippen LogP contribution in [-0.2, 0) is 0 Å². The van der Waals surface area contributed by atoms with Crippen LogP contribution >= 0.6 is 23.7 Å². The number of aryl methyl sites for hydroxylation is 3. The smallest absolute Gasteiger partial charge is 0.0651 e. The Hall–Kier alpha value is -0.830. The van der Waals surface area contributed by atoms with Crippen LogP contribution in [0, 0.1) is 20.8 Å². The van der Waals surface area contributed by atoms with Crippen LogP contribution in [0.1, 0.15) is 33.2 Å². The highest BCUT2D eigenvalue weighted by molar-refractivity contribution is 7.10. The van der Waals surface area contributed by atoms with Crippen molar-refractivity contribution in [3.05, 3.63) is 56.8 Å². The van der Waals surface area contributed by atoms with Crippen LogP contribution in [-0.4, -0.2) is 0 Å². The topological polar surface area (TPSA) is 26.0 Å². The van der Waals surface area contributed by atoms with E-state index in [-0.39, 0.29) is 18.4 Å². The maximum Gasteiger partial charge on any atom is 0.0651 e. The van der Waals surface area contributed by atoms with Crippen molar-refractivity contribution >= 4 is 23.7 Å². The third kappa shape index (κ3) is 2.89. The zero-order valence-electron chi connectivity index (χ0n) is 10.4. The zero-order chi connectivity index (χ0) is 11.7. The molecule has 0 bridgehead atoms. The molecule has 2 N–H and O–H groups in total. The van der Waals surface area contributed by atoms with Gasteiger partial charge in [-0.15, -0.1) is 23.7 Å². The van der Waals surface area contributed by atoms with Gasteiger partial charge in [0.2, 0.25) is 0 Å². The van der Waals surface area contributed by atoms with Gasteiger partial charge in [-0.2, -0.15) is 0 Å². The molecular formula is C14H18ClNS. The summed E-state index contributed by atoms with van der Waals surface area (Å²) in [5.74, 6) is 0. The molecule has 0 saturated heterocycles. The maximum atomic E-state index is 6.32. The van der Waals surface area contributed by atoms with Gasteiger partial charge >= 0.3 is 0 Å². The molecule has 1 nitrogen and oxygen atoms in total. The minimum atomic E-state index is 0. The van der Waals surface area contributed by atoms with Gasteiger partial charge in [-0.1, -0.05) is 23.8 Å². The first-order valence-electron chi connectivity index (χ1n) is 5.46. The lowest BCUT2D eigenvalue weighted by atomic mass is 9.94. The van der Waals surface area contributed by atoms with Gasteiger partial charge in [-0.3, -0.25) is 0 Å². The second kappa shape index (κ2) is 5.67. The van der Waals surface area contributed by atoms with Crippen molar-refractivity contribution in [3.8, 4) is 0 Å². The number of hydrogen-bond acceptors (Lipinski definition) is 2. The molecule has 0 unspecified atom stereocenters. The van der Waals surface area contributed by atoms with Crippen LogP contribution in [0.15, 0.2) is 29.6 Å². The van der Waals surface area contributed by atoms with Crippen LogP contribution in [0.5, 0.6) is 0 Å². The fourth-order valence-corrected chi connectivity index (χ4v) is 3.03. The van der Waals surface area contributed by atoms with Crippen molar-refractivity contribution < 1.29 is 0 Å². The van der Waals surface area contributed by atoms with Crippen molar-refractivity contribution in [3.63, 3.8) is 0 Å². The highest BCUT2D eigenvalue weighted by atomic mass is 35.5. The molecule has 2 rings (SSSR count). The summed E-state index contributed by atoms with van der Waals surface area (Å²) in [7, 11) is 0. The van der Waals surface area contributed by atoms with Gasteiger partial charge < -0.3 is 5.73 Å². The number of hydrogen-bond donors (Lipinski definition) is 1. The van der Waals surface area contributed by atoms with Gasteiger partial charge in [-0.25, -0.2) is 0 Å². The Kier molecular flexibility index (Phi) is 4.75. The molecule has 1 aromatic carbocycles. The molecule has 0 saturated carbocycles. The maximum absolute atomic E-state index is 6.32. The Balaban J connectivity index is 0.00000144. The summed E-state index contributed by atoms with van der Waals surface area (Å²) in [5, 5.41) is 2.08. The molecule has 0 spiro atoms. The van der Waals surface area contributed by atoms with Crippen LogP contribution in [0.2, 0.25) is 0 Å². The third-order valence-electron chi connectivity index (χ3n) is 2.90. The highest BCUT2D eigenvalue weighted by Gasteiger charge is 2.14. The molecule has 92 valence electrons. The van der Waals surface area contributed by atoms with Crippen LogP contribution < -0.4 is 5.73 Å². The molecule has 2 aromatic rings. The normalized spacial score (nSPS) is 12.0. The van der Waals surface area contributed by atoms with E-state index in [0.717, 1.165) is 0 Å². The monoisotopic (exact) mass is 267 g/mol. The van der Waals surface area contributed by atoms with E-state index in [9.17, 15) is 0 Å². The van der Waals surface area contributed by atoms with E-state index in [4.69, 9.17) is 5.73 Å². The van der Waals surface area contributed by atoms with Gasteiger partial charge in [0.15, 0.2) is 0 Å². The van der Waals surface area contributed by atoms with Crippen LogP contribution in [0.4, 0.5) is 0 Å². The second-order valence-corrected chi connectivity index (χ2v) is 5.28. The van der Waals surface area contributed by atoms with E-state index in [1.165, 1.54) is 27.1 Å². The average Bonchev–Trinajstić information content (AvgIpc) is 2.67. The first kappa shape index (κ1) is 14.2. The summed E-state index contributed by atoms with van der Waals surface area (Å²) >= 11 is 1.72. The molecular weight excluding hydrogens is 250 g/mol. The number of rotatable bonds is 2. The summed E-state index contributed by atoms with van der Waals surface area (Å²) in [5.41, 5.74) is 11.5. The van der Waals surface area contributed by atoms with Gasteiger partial charge in [-0.05, 0) is 48.9 Å². The van der Waals surface area contributed by atoms with Crippen LogP contribution in [0.3, 0.4) is 0 Å². The van der Waals surface area contributed by atoms with Gasteiger partial charge in [0.05, 0.1) is 6.04 Å². The van der Waals surface area contributed by atoms with Crippen molar-refractivity contribution in [2.75, 3.05) is 0 Å². The van der Waals surface area contributed by atoms with Crippen molar-refractivity contribution in [1.29, 1.82) is 0 Å². The molecule has 1 heterocycles. The molecule has 17 heavy (non-hydrogen) atoms. The summed E-state index contributed by atoms with van der Waals surface area (Å²) in [6.45, 7) is 6.41. The molecule has 0 amide bonds. The lowest BCUT2D eigenvalue weighted by Crippen LogP contribution is -2.13. The molecule has 1 atom stereocenters. The fourth-order valence-electron chi connectivity index (χ4n) is 2.29. The molecule has 1 aromatic heterocycles. The van der Waals surface area contributed by atoms with Crippen LogP contribution in [0.25, 0.3) is 0 Å². The van der Waals surface area contributed by atoms with Crippen molar-refractivity contribution in [1.82, 2.24) is 0 Å². The Morgan fingerprint density at radius 2 is 1.71 bits per heavy atom. The molecule has 3 heteroatoms. The third-order valence-corrected chi connectivity index (χ3v) is 3.85. The molecule has 0 aliphatic heterocycles. The first-order chi connectivity index (χ1) is 7.59. The average molecular weight is 268 g/mol. The van der Waals surface area contributed by atoms with Crippen molar-refractivity contribution in [2.24, 2.45) is 5.73 Å². The standard InChI is InChI=1S/C14H17NS.ClH/c1-9-7-10(2)13(11(3)8-9)14(15)12-5-4-6-16-12;/h4-8,14H,15H2,1-3H3;1H/t14-;/m0./s1. The van der Waals surface area contributed by atoms with Gasteiger partial charge in [0.25, 0.3) is 0 Å². The Labute approximate surface area is 113 Å². The molecule has 0 aliphatic rings. The lowest BCUT2D eigenvalue weighted by Gasteiger charge is -2.17. The zero-order valence-corrected chi connectivity index (χ0v) is 12.0.